The summed E-state index contributed by atoms with van der Waals surface area (Å²) < 4.78 is 5.16. The van der Waals surface area contributed by atoms with E-state index >= 15 is 0 Å². The van der Waals surface area contributed by atoms with Crippen LogP contribution >= 0.6 is 0 Å². The molecule has 0 aliphatic carbocycles. The molecule has 0 radical (unpaired) electrons. The fourth-order valence-electron chi connectivity index (χ4n) is 1.84. The van der Waals surface area contributed by atoms with Gasteiger partial charge in [-0.3, -0.25) is 4.79 Å². The van der Waals surface area contributed by atoms with Gasteiger partial charge in [-0.05, 0) is 26.3 Å². The Balaban J connectivity index is 2.14. The van der Waals surface area contributed by atoms with E-state index in [1.54, 1.807) is 0 Å². The first-order valence-corrected chi connectivity index (χ1v) is 5.79. The minimum absolute atomic E-state index is 0.178. The van der Waals surface area contributed by atoms with Gasteiger partial charge < -0.3 is 15.0 Å². The Morgan fingerprint density at radius 2 is 2.40 bits per heavy atom. The number of carbonyl (C=O) groups is 1. The second kappa shape index (κ2) is 6.80. The van der Waals surface area contributed by atoms with Crippen LogP contribution in [-0.2, 0) is 9.53 Å². The third kappa shape index (κ3) is 4.62. The molecule has 0 bridgehead atoms. The first-order chi connectivity index (χ1) is 7.24. The summed E-state index contributed by atoms with van der Waals surface area (Å²) in [7, 11) is 1.87. The Labute approximate surface area is 92.0 Å². The molecule has 4 heteroatoms. The van der Waals surface area contributed by atoms with Crippen LogP contribution in [0.4, 0.5) is 0 Å². The highest BCUT2D eigenvalue weighted by Gasteiger charge is 2.18. The molecule has 1 aliphatic rings. The number of likely N-dealkylation sites (N-methyl/N-ethyl adjacent to an activating group) is 1. The van der Waals surface area contributed by atoms with Gasteiger partial charge in [0.05, 0.1) is 13.0 Å². The molecule has 88 valence electrons. The third-order valence-corrected chi connectivity index (χ3v) is 2.75. The molecule has 0 aromatic carbocycles. The Bertz CT molecular complexity index is 191. The van der Waals surface area contributed by atoms with Crippen LogP contribution in [0, 0.1) is 0 Å². The summed E-state index contributed by atoms with van der Waals surface area (Å²) in [6.45, 7) is 5.08. The molecular weight excluding hydrogens is 192 g/mol. The number of carbonyl (C=O) groups excluding carboxylic acids is 1. The van der Waals surface area contributed by atoms with Gasteiger partial charge >= 0.3 is 0 Å². The zero-order chi connectivity index (χ0) is 11.1. The molecule has 0 spiro atoms. The fraction of sp³-hybridized carbons (Fsp3) is 0.909. The molecule has 1 amide bonds. The zero-order valence-corrected chi connectivity index (χ0v) is 9.79. The predicted octanol–water partition coefficient (Wildman–Crippen LogP) is 0.623. The summed E-state index contributed by atoms with van der Waals surface area (Å²) in [4.78, 5) is 13.4. The Morgan fingerprint density at radius 3 is 3.00 bits per heavy atom. The molecule has 1 fully saturated rings. The van der Waals surface area contributed by atoms with Crippen molar-refractivity contribution in [1.82, 2.24) is 10.2 Å². The maximum atomic E-state index is 11.6. The van der Waals surface area contributed by atoms with Crippen molar-refractivity contribution in [2.75, 3.05) is 33.4 Å². The van der Waals surface area contributed by atoms with Crippen LogP contribution < -0.4 is 5.32 Å². The average molecular weight is 214 g/mol. The van der Waals surface area contributed by atoms with Gasteiger partial charge in [0.1, 0.15) is 0 Å². The highest BCUT2D eigenvalue weighted by atomic mass is 16.5. The van der Waals surface area contributed by atoms with Crippen molar-refractivity contribution < 1.29 is 9.53 Å². The molecule has 1 N–H and O–H groups in total. The fourth-order valence-corrected chi connectivity index (χ4v) is 1.84. The van der Waals surface area contributed by atoms with E-state index in [4.69, 9.17) is 4.74 Å². The van der Waals surface area contributed by atoms with Crippen LogP contribution in [0.1, 0.15) is 26.2 Å². The molecule has 0 aromatic rings. The van der Waals surface area contributed by atoms with E-state index in [1.165, 1.54) is 12.8 Å². The van der Waals surface area contributed by atoms with Crippen molar-refractivity contribution in [2.45, 2.75) is 32.2 Å². The van der Waals surface area contributed by atoms with Gasteiger partial charge in [-0.1, -0.05) is 0 Å². The lowest BCUT2D eigenvalue weighted by molar-refractivity contribution is -0.131. The van der Waals surface area contributed by atoms with E-state index in [1.807, 2.05) is 18.9 Å². The van der Waals surface area contributed by atoms with Gasteiger partial charge in [0.25, 0.3) is 0 Å². The van der Waals surface area contributed by atoms with Crippen LogP contribution in [0.5, 0.6) is 0 Å². The Kier molecular flexibility index (Phi) is 5.65. The Hall–Kier alpha value is -0.610. The number of hydrogen-bond acceptors (Lipinski definition) is 3. The summed E-state index contributed by atoms with van der Waals surface area (Å²) in [5.74, 6) is 0.178. The molecule has 4 nitrogen and oxygen atoms in total. The molecule has 15 heavy (non-hydrogen) atoms. The summed E-state index contributed by atoms with van der Waals surface area (Å²) in [6.07, 6.45) is 2.91. The van der Waals surface area contributed by atoms with Gasteiger partial charge in [-0.2, -0.15) is 0 Å². The number of hydrogen-bond donors (Lipinski definition) is 1. The topological polar surface area (TPSA) is 41.6 Å². The quantitative estimate of drug-likeness (QED) is 0.659. The highest BCUT2D eigenvalue weighted by Crippen LogP contribution is 2.06. The minimum Gasteiger partial charge on any atom is -0.381 e. The zero-order valence-electron chi connectivity index (χ0n) is 9.79. The molecule has 1 heterocycles. The van der Waals surface area contributed by atoms with E-state index in [9.17, 15) is 4.79 Å². The molecule has 0 saturated carbocycles. The summed E-state index contributed by atoms with van der Waals surface area (Å²) in [6, 6.07) is 0.492. The lowest BCUT2D eigenvalue weighted by Crippen LogP contribution is -2.38. The lowest BCUT2D eigenvalue weighted by Gasteiger charge is -2.21. The lowest BCUT2D eigenvalue weighted by atomic mass is 10.2. The highest BCUT2D eigenvalue weighted by molar-refractivity contribution is 5.75. The largest absolute Gasteiger partial charge is 0.381 e. The maximum Gasteiger partial charge on any atom is 0.224 e. The maximum absolute atomic E-state index is 11.6. The van der Waals surface area contributed by atoms with E-state index in [0.717, 1.165) is 13.1 Å². The van der Waals surface area contributed by atoms with E-state index < -0.39 is 0 Å². The van der Waals surface area contributed by atoms with Gasteiger partial charge in [-0.25, -0.2) is 0 Å². The predicted molar refractivity (Wildman–Crippen MR) is 59.8 cm³/mol. The summed E-state index contributed by atoms with van der Waals surface area (Å²) in [5.41, 5.74) is 0. The Morgan fingerprint density at radius 1 is 1.60 bits per heavy atom. The number of rotatable bonds is 6. The second-order valence-corrected chi connectivity index (χ2v) is 4.01. The van der Waals surface area contributed by atoms with Crippen molar-refractivity contribution in [3.05, 3.63) is 0 Å². The number of nitrogens with zero attached hydrogens (tertiary/aromatic N) is 1. The van der Waals surface area contributed by atoms with Gasteiger partial charge in [0, 0.05) is 26.2 Å². The van der Waals surface area contributed by atoms with Crippen molar-refractivity contribution in [2.24, 2.45) is 0 Å². The normalized spacial score (nSPS) is 20.5. The third-order valence-electron chi connectivity index (χ3n) is 2.75. The second-order valence-electron chi connectivity index (χ2n) is 4.01. The van der Waals surface area contributed by atoms with Crippen molar-refractivity contribution in [1.29, 1.82) is 0 Å². The summed E-state index contributed by atoms with van der Waals surface area (Å²) in [5, 5.41) is 3.38. The number of ether oxygens (including phenoxy) is 1. The molecule has 0 aromatic heterocycles. The van der Waals surface area contributed by atoms with Gasteiger partial charge in [0.15, 0.2) is 0 Å². The molecule has 1 aliphatic heterocycles. The summed E-state index contributed by atoms with van der Waals surface area (Å²) >= 11 is 0. The van der Waals surface area contributed by atoms with E-state index in [0.29, 0.717) is 25.7 Å². The first-order valence-electron chi connectivity index (χ1n) is 5.79. The van der Waals surface area contributed by atoms with Crippen LogP contribution in [0.15, 0.2) is 0 Å². The van der Waals surface area contributed by atoms with Gasteiger partial charge in [0.2, 0.25) is 5.91 Å². The van der Waals surface area contributed by atoms with Crippen molar-refractivity contribution >= 4 is 5.91 Å². The smallest absolute Gasteiger partial charge is 0.224 e. The monoisotopic (exact) mass is 214 g/mol. The van der Waals surface area contributed by atoms with Crippen molar-refractivity contribution in [3.63, 3.8) is 0 Å². The van der Waals surface area contributed by atoms with E-state index in [2.05, 4.69) is 5.32 Å². The number of amides is 1. The standard InChI is InChI=1S/C11H22N2O2/c1-3-15-8-6-11(14)13(2)9-10-5-4-7-12-10/h10,12H,3-9H2,1-2H3. The van der Waals surface area contributed by atoms with Crippen molar-refractivity contribution in [3.8, 4) is 0 Å². The molecule has 1 unspecified atom stereocenters. The molecular formula is C11H22N2O2. The molecule has 1 atom stereocenters. The SMILES string of the molecule is CCOCCC(=O)N(C)CC1CCCN1. The van der Waals surface area contributed by atoms with E-state index in [-0.39, 0.29) is 5.91 Å². The molecule has 1 rings (SSSR count). The van der Waals surface area contributed by atoms with Crippen LogP contribution in [0.3, 0.4) is 0 Å². The van der Waals surface area contributed by atoms with Crippen LogP contribution in [0.2, 0.25) is 0 Å². The number of nitrogens with one attached hydrogen (secondary N) is 1. The molecule has 1 saturated heterocycles. The van der Waals surface area contributed by atoms with Crippen LogP contribution in [0.25, 0.3) is 0 Å². The first kappa shape index (κ1) is 12.5. The van der Waals surface area contributed by atoms with Crippen LogP contribution in [-0.4, -0.2) is 50.2 Å². The van der Waals surface area contributed by atoms with Gasteiger partial charge in [-0.15, -0.1) is 0 Å². The average Bonchev–Trinajstić information content (AvgIpc) is 2.70. The minimum atomic E-state index is 0.178.